The summed E-state index contributed by atoms with van der Waals surface area (Å²) in [4.78, 5) is 0. The molecule has 318 valence electrons. The van der Waals surface area contributed by atoms with E-state index in [1.807, 2.05) is 22.3 Å². The van der Waals surface area contributed by atoms with Crippen molar-refractivity contribution in [2.75, 3.05) is 0 Å². The predicted octanol–water partition coefficient (Wildman–Crippen LogP) is 19.1. The highest BCUT2D eigenvalue weighted by molar-refractivity contribution is 5.51. The molecular weight excluding hydrogens is 649 g/mol. The van der Waals surface area contributed by atoms with Gasteiger partial charge in [-0.1, -0.05) is 222 Å². The molecule has 0 fully saturated rings. The largest absolute Gasteiger partial charge is 0.0654 e. The van der Waals surface area contributed by atoms with Gasteiger partial charge in [0.15, 0.2) is 0 Å². The Bertz CT molecular complexity index is 966. The Kier molecular flexibility index (Phi) is 31.5. The molecule has 0 bridgehead atoms. The summed E-state index contributed by atoms with van der Waals surface area (Å²) < 4.78 is 0. The Morgan fingerprint density at radius 1 is 0.296 bits per heavy atom. The molecule has 0 radical (unpaired) electrons. The molecule has 1 rings (SSSR count). The summed E-state index contributed by atoms with van der Waals surface area (Å²) in [5.41, 5.74) is 10.1. The topological polar surface area (TPSA) is 0 Å². The molecule has 1 aromatic rings. The summed E-state index contributed by atoms with van der Waals surface area (Å²) in [6, 6.07) is 2.99. The van der Waals surface area contributed by atoms with Gasteiger partial charge in [0.2, 0.25) is 0 Å². The van der Waals surface area contributed by atoms with Crippen molar-refractivity contribution in [3.63, 3.8) is 0 Å². The van der Waals surface area contributed by atoms with Crippen molar-refractivity contribution < 1.29 is 0 Å². The van der Waals surface area contributed by atoms with Crippen LogP contribution >= 0.6 is 0 Å². The molecule has 54 heavy (non-hydrogen) atoms. The predicted molar refractivity (Wildman–Crippen MR) is 249 cm³/mol. The first kappa shape index (κ1) is 51.2. The molecule has 0 aromatic heterocycles. The summed E-state index contributed by atoms with van der Waals surface area (Å²) in [7, 11) is 0. The fraction of sp³-hybridized carbons (Fsp3) is 0.889. The van der Waals surface area contributed by atoms with Gasteiger partial charge in [0, 0.05) is 5.41 Å². The summed E-state index contributed by atoms with van der Waals surface area (Å²) in [6.07, 6.45) is 51.3. The first-order chi connectivity index (χ1) is 26.5. The maximum absolute atomic E-state index is 2.99. The first-order valence-electron chi connectivity index (χ1n) is 25.6. The molecule has 0 N–H and O–H groups in total. The van der Waals surface area contributed by atoms with Crippen LogP contribution in [-0.2, 0) is 31.1 Å². The molecule has 0 saturated carbocycles. The minimum absolute atomic E-state index is 0.299. The maximum Gasteiger partial charge on any atom is 0.00123 e. The standard InChI is InChI=1S/C54H102/c1-10-19-28-30-32-33-35-37-44-53(42-24-15-6,43-25-16-7)54(45-26-17-8,46-27-18-9)52-47-48(38-21-12-3)49(39-22-13-4)50(40-23-14-5)51(52)41-36-34-31-29-20-11-2/h47H,10-46H2,1-9H3. The van der Waals surface area contributed by atoms with Crippen LogP contribution in [0.1, 0.15) is 302 Å². The Morgan fingerprint density at radius 3 is 1.13 bits per heavy atom. The second-order valence-corrected chi connectivity index (χ2v) is 18.3. The first-order valence-corrected chi connectivity index (χ1v) is 25.6. The van der Waals surface area contributed by atoms with Gasteiger partial charge in [-0.15, -0.1) is 0 Å². The number of aryl methyl sites for hydroxylation is 1. The van der Waals surface area contributed by atoms with Crippen LogP contribution < -0.4 is 0 Å². The molecule has 0 aliphatic heterocycles. The van der Waals surface area contributed by atoms with Crippen LogP contribution in [0.2, 0.25) is 0 Å². The lowest BCUT2D eigenvalue weighted by Crippen LogP contribution is -2.47. The molecule has 0 heteroatoms. The quantitative estimate of drug-likeness (QED) is 0.0588. The molecule has 0 amide bonds. The van der Waals surface area contributed by atoms with E-state index in [1.54, 1.807) is 5.56 Å². The lowest BCUT2D eigenvalue weighted by molar-refractivity contribution is 0.0449. The number of hydrogen-bond acceptors (Lipinski definition) is 0. The molecule has 0 spiro atoms. The minimum atomic E-state index is 0.299. The molecule has 0 unspecified atom stereocenters. The Hall–Kier alpha value is -0.780. The van der Waals surface area contributed by atoms with Gasteiger partial charge in [0.25, 0.3) is 0 Å². The second kappa shape index (κ2) is 33.2. The third-order valence-electron chi connectivity index (χ3n) is 13.9. The van der Waals surface area contributed by atoms with Crippen molar-refractivity contribution >= 4 is 0 Å². The van der Waals surface area contributed by atoms with Gasteiger partial charge < -0.3 is 0 Å². The van der Waals surface area contributed by atoms with E-state index in [-0.39, 0.29) is 0 Å². The molecule has 0 saturated heterocycles. The maximum atomic E-state index is 2.99. The van der Waals surface area contributed by atoms with Gasteiger partial charge in [-0.25, -0.2) is 0 Å². The van der Waals surface area contributed by atoms with E-state index in [4.69, 9.17) is 0 Å². The highest BCUT2D eigenvalue weighted by Crippen LogP contribution is 2.59. The van der Waals surface area contributed by atoms with Gasteiger partial charge in [-0.2, -0.15) is 0 Å². The Balaban J connectivity index is 4.25. The van der Waals surface area contributed by atoms with Gasteiger partial charge in [0.1, 0.15) is 0 Å². The number of rotatable bonds is 39. The van der Waals surface area contributed by atoms with Gasteiger partial charge in [-0.3, -0.25) is 0 Å². The van der Waals surface area contributed by atoms with E-state index in [0.29, 0.717) is 10.8 Å². The number of benzene rings is 1. The lowest BCUT2D eigenvalue weighted by Gasteiger charge is -2.54. The molecule has 0 heterocycles. The summed E-state index contributed by atoms with van der Waals surface area (Å²) >= 11 is 0. The zero-order valence-corrected chi connectivity index (χ0v) is 39.2. The average molecular weight is 751 g/mol. The zero-order valence-electron chi connectivity index (χ0n) is 39.2. The van der Waals surface area contributed by atoms with Crippen LogP contribution in [0.4, 0.5) is 0 Å². The van der Waals surface area contributed by atoms with Crippen molar-refractivity contribution in [1.82, 2.24) is 0 Å². The fourth-order valence-electron chi connectivity index (χ4n) is 10.5. The van der Waals surface area contributed by atoms with E-state index < -0.39 is 0 Å². The Morgan fingerprint density at radius 2 is 0.648 bits per heavy atom. The van der Waals surface area contributed by atoms with E-state index >= 15 is 0 Å². The average Bonchev–Trinajstić information content (AvgIpc) is 3.19. The molecule has 0 aliphatic rings. The molecule has 1 aromatic carbocycles. The molecular formula is C54H102. The van der Waals surface area contributed by atoms with E-state index in [2.05, 4.69) is 68.4 Å². The minimum Gasteiger partial charge on any atom is -0.0654 e. The summed E-state index contributed by atoms with van der Waals surface area (Å²) in [5, 5.41) is 0. The van der Waals surface area contributed by atoms with E-state index in [9.17, 15) is 0 Å². The van der Waals surface area contributed by atoms with Gasteiger partial charge in [0.05, 0.1) is 0 Å². The van der Waals surface area contributed by atoms with E-state index in [0.717, 1.165) is 0 Å². The second-order valence-electron chi connectivity index (χ2n) is 18.3. The van der Waals surface area contributed by atoms with E-state index in [1.165, 1.54) is 238 Å². The third kappa shape index (κ3) is 17.8. The normalized spacial score (nSPS) is 12.3. The van der Waals surface area contributed by atoms with Crippen LogP contribution in [0.15, 0.2) is 6.07 Å². The number of hydrogen-bond donors (Lipinski definition) is 0. The van der Waals surface area contributed by atoms with Crippen molar-refractivity contribution in [1.29, 1.82) is 0 Å². The zero-order chi connectivity index (χ0) is 39.8. The molecule has 0 aliphatic carbocycles. The van der Waals surface area contributed by atoms with Crippen LogP contribution in [0, 0.1) is 5.41 Å². The lowest BCUT2D eigenvalue weighted by atomic mass is 9.49. The monoisotopic (exact) mass is 751 g/mol. The highest BCUT2D eigenvalue weighted by atomic mass is 14.5. The van der Waals surface area contributed by atoms with Crippen LogP contribution in [0.5, 0.6) is 0 Å². The smallest absolute Gasteiger partial charge is 0.00123 e. The van der Waals surface area contributed by atoms with Crippen molar-refractivity contribution in [2.24, 2.45) is 5.41 Å². The SMILES string of the molecule is CCCCCCCCCCC(CCCC)(CCCC)C(CCCC)(CCCC)c1cc(CCCC)c(CCCC)c(CCCC)c1CCCCCCCC. The third-order valence-corrected chi connectivity index (χ3v) is 13.9. The van der Waals surface area contributed by atoms with Crippen molar-refractivity contribution in [3.05, 3.63) is 33.9 Å². The van der Waals surface area contributed by atoms with Crippen LogP contribution in [0.3, 0.4) is 0 Å². The Labute approximate surface area is 343 Å². The van der Waals surface area contributed by atoms with Crippen LogP contribution in [0.25, 0.3) is 0 Å². The van der Waals surface area contributed by atoms with Gasteiger partial charge in [-0.05, 0) is 117 Å². The van der Waals surface area contributed by atoms with Crippen molar-refractivity contribution in [3.8, 4) is 0 Å². The van der Waals surface area contributed by atoms with Crippen molar-refractivity contribution in [2.45, 2.75) is 305 Å². The highest BCUT2D eigenvalue weighted by Gasteiger charge is 2.51. The number of unbranched alkanes of at least 4 members (excludes halogenated alkanes) is 19. The molecule has 0 nitrogen and oxygen atoms in total. The van der Waals surface area contributed by atoms with Gasteiger partial charge >= 0.3 is 0 Å². The summed E-state index contributed by atoms with van der Waals surface area (Å²) in [5.74, 6) is 0. The molecule has 0 atom stereocenters. The van der Waals surface area contributed by atoms with Crippen LogP contribution in [-0.4, -0.2) is 0 Å². The fourth-order valence-corrected chi connectivity index (χ4v) is 10.5. The summed E-state index contributed by atoms with van der Waals surface area (Å²) in [6.45, 7) is 22.0.